The Bertz CT molecular complexity index is 671. The number of anilines is 1. The van der Waals surface area contributed by atoms with Gasteiger partial charge < -0.3 is 15.2 Å². The smallest absolute Gasteiger partial charge is 0.337 e. The van der Waals surface area contributed by atoms with Crippen molar-refractivity contribution in [3.8, 4) is 5.75 Å². The Hall–Kier alpha value is -2.05. The van der Waals surface area contributed by atoms with Crippen LogP contribution in [-0.2, 0) is 5.75 Å². The summed E-state index contributed by atoms with van der Waals surface area (Å²) in [6.45, 7) is 0. The molecule has 0 unspecified atom stereocenters. The van der Waals surface area contributed by atoms with Gasteiger partial charge in [0.05, 0.1) is 18.4 Å². The van der Waals surface area contributed by atoms with Crippen molar-refractivity contribution in [1.29, 1.82) is 0 Å². The molecule has 2 rings (SSSR count). The lowest BCUT2D eigenvalue weighted by molar-refractivity contribution is 0.0698. The highest BCUT2D eigenvalue weighted by Gasteiger charge is 2.10. The molecule has 6 heteroatoms. The molecule has 0 aliphatic heterocycles. The van der Waals surface area contributed by atoms with Crippen LogP contribution in [0.2, 0.25) is 0 Å². The van der Waals surface area contributed by atoms with Crippen LogP contribution in [0.1, 0.15) is 15.9 Å². The van der Waals surface area contributed by atoms with Crippen molar-refractivity contribution in [3.63, 3.8) is 0 Å². The van der Waals surface area contributed by atoms with Gasteiger partial charge in [0.2, 0.25) is 0 Å². The number of carbonyl (C=O) groups is 1. The van der Waals surface area contributed by atoms with Gasteiger partial charge in [-0.3, -0.25) is 0 Å². The van der Waals surface area contributed by atoms with Gasteiger partial charge in [-0.05, 0) is 29.8 Å². The van der Waals surface area contributed by atoms with Crippen LogP contribution in [0.4, 0.5) is 5.69 Å². The Morgan fingerprint density at radius 2 is 1.91 bits per heavy atom. The van der Waals surface area contributed by atoms with E-state index >= 15 is 0 Å². The fraction of sp³-hybridized carbons (Fsp3) is 0.125. The van der Waals surface area contributed by atoms with Crippen LogP contribution in [0.3, 0.4) is 0 Å². The average Bonchev–Trinajstić information content (AvgIpc) is 2.53. The molecule has 0 saturated carbocycles. The second-order valence-electron chi connectivity index (χ2n) is 4.40. The van der Waals surface area contributed by atoms with Gasteiger partial charge in [0.25, 0.3) is 0 Å². The number of hydrogen-bond acceptors (Lipinski definition) is 4. The van der Waals surface area contributed by atoms with Crippen molar-refractivity contribution in [1.82, 2.24) is 0 Å². The van der Waals surface area contributed by atoms with Crippen LogP contribution in [0.25, 0.3) is 0 Å². The first kappa shape index (κ1) is 16.3. The number of thioether (sulfide) groups is 1. The van der Waals surface area contributed by atoms with Crippen molar-refractivity contribution >= 4 is 40.0 Å². The number of aromatic carboxylic acids is 1. The topological polar surface area (TPSA) is 58.6 Å². The fourth-order valence-electron chi connectivity index (χ4n) is 1.80. The SMILES string of the molecule is COc1ccc(CSC(=S)Nc2ccccc2C(=O)O)cc1. The molecule has 114 valence electrons. The van der Waals surface area contributed by atoms with Crippen molar-refractivity contribution in [3.05, 3.63) is 59.7 Å². The van der Waals surface area contributed by atoms with E-state index in [1.54, 1.807) is 31.4 Å². The number of rotatable bonds is 5. The second-order valence-corrected chi connectivity index (χ2v) is 6.05. The highest BCUT2D eigenvalue weighted by atomic mass is 32.2. The van der Waals surface area contributed by atoms with Crippen LogP contribution < -0.4 is 10.1 Å². The minimum Gasteiger partial charge on any atom is -0.497 e. The summed E-state index contributed by atoms with van der Waals surface area (Å²) < 4.78 is 5.64. The lowest BCUT2D eigenvalue weighted by Gasteiger charge is -2.10. The summed E-state index contributed by atoms with van der Waals surface area (Å²) in [4.78, 5) is 11.1. The Morgan fingerprint density at radius 3 is 2.55 bits per heavy atom. The van der Waals surface area contributed by atoms with Gasteiger partial charge in [-0.2, -0.15) is 0 Å². The number of nitrogens with one attached hydrogen (secondary N) is 1. The summed E-state index contributed by atoms with van der Waals surface area (Å²) >= 11 is 6.71. The Labute approximate surface area is 138 Å². The summed E-state index contributed by atoms with van der Waals surface area (Å²) in [6, 6.07) is 14.4. The van der Waals surface area contributed by atoms with E-state index in [0.717, 1.165) is 11.3 Å². The predicted octanol–water partition coefficient (Wildman–Crippen LogP) is 4.02. The van der Waals surface area contributed by atoms with Gasteiger partial charge in [0, 0.05) is 5.75 Å². The average molecular weight is 333 g/mol. The molecule has 2 N–H and O–H groups in total. The van der Waals surface area contributed by atoms with Crippen LogP contribution in [0, 0.1) is 0 Å². The van der Waals surface area contributed by atoms with Crippen molar-refractivity contribution in [2.24, 2.45) is 0 Å². The van der Waals surface area contributed by atoms with Gasteiger partial charge in [-0.25, -0.2) is 4.79 Å². The lowest BCUT2D eigenvalue weighted by Crippen LogP contribution is -2.09. The van der Waals surface area contributed by atoms with Crippen LogP contribution >= 0.6 is 24.0 Å². The second kappa shape index (κ2) is 7.82. The minimum absolute atomic E-state index is 0.204. The normalized spacial score (nSPS) is 10.0. The lowest BCUT2D eigenvalue weighted by atomic mass is 10.2. The zero-order valence-electron chi connectivity index (χ0n) is 11.9. The third kappa shape index (κ3) is 4.47. The van der Waals surface area contributed by atoms with Crippen molar-refractivity contribution < 1.29 is 14.6 Å². The molecular weight excluding hydrogens is 318 g/mol. The number of carboxylic acid groups (broad SMARTS) is 1. The molecule has 0 spiro atoms. The zero-order valence-corrected chi connectivity index (χ0v) is 13.5. The summed E-state index contributed by atoms with van der Waals surface area (Å²) in [6.07, 6.45) is 0. The number of ether oxygens (including phenoxy) is 1. The maximum absolute atomic E-state index is 11.1. The zero-order chi connectivity index (χ0) is 15.9. The molecule has 22 heavy (non-hydrogen) atoms. The maximum Gasteiger partial charge on any atom is 0.337 e. The molecule has 0 atom stereocenters. The fourth-order valence-corrected chi connectivity index (χ4v) is 2.75. The summed E-state index contributed by atoms with van der Waals surface area (Å²) in [5, 5.41) is 12.1. The van der Waals surface area contributed by atoms with E-state index in [-0.39, 0.29) is 5.56 Å². The number of hydrogen-bond donors (Lipinski definition) is 2. The molecule has 4 nitrogen and oxygen atoms in total. The Morgan fingerprint density at radius 1 is 1.23 bits per heavy atom. The Kier molecular flexibility index (Phi) is 5.80. The van der Waals surface area contributed by atoms with E-state index in [0.29, 0.717) is 15.8 Å². The molecule has 0 aliphatic rings. The van der Waals surface area contributed by atoms with Gasteiger partial charge in [-0.15, -0.1) is 0 Å². The molecule has 0 saturated heterocycles. The Balaban J connectivity index is 1.94. The molecule has 0 aromatic heterocycles. The standard InChI is InChI=1S/C16H15NO3S2/c1-20-12-8-6-11(7-9-12)10-22-16(21)17-14-5-3-2-4-13(14)15(18)19/h2-9H,10H2,1H3,(H,17,21)(H,18,19). The van der Waals surface area contributed by atoms with E-state index < -0.39 is 5.97 Å². The van der Waals surface area contributed by atoms with Crippen molar-refractivity contribution in [2.45, 2.75) is 5.75 Å². The van der Waals surface area contributed by atoms with Crippen molar-refractivity contribution in [2.75, 3.05) is 12.4 Å². The molecule has 0 radical (unpaired) electrons. The molecule has 0 bridgehead atoms. The minimum atomic E-state index is -0.981. The van der Waals surface area contributed by atoms with E-state index in [9.17, 15) is 4.79 Å². The third-order valence-electron chi connectivity index (χ3n) is 2.92. The largest absolute Gasteiger partial charge is 0.497 e. The van der Waals surface area contributed by atoms with Crippen LogP contribution in [0.15, 0.2) is 48.5 Å². The van der Waals surface area contributed by atoms with Crippen LogP contribution in [-0.4, -0.2) is 22.5 Å². The number of carboxylic acids is 1. The van der Waals surface area contributed by atoms with E-state index in [2.05, 4.69) is 5.32 Å². The van der Waals surface area contributed by atoms with Crippen LogP contribution in [0.5, 0.6) is 5.75 Å². The quantitative estimate of drug-likeness (QED) is 0.806. The summed E-state index contributed by atoms with van der Waals surface area (Å²) in [5.41, 5.74) is 1.82. The predicted molar refractivity (Wildman–Crippen MR) is 93.9 cm³/mol. The van der Waals surface area contributed by atoms with E-state index in [1.807, 2.05) is 24.3 Å². The number of thiocarbonyl (C=S) groups is 1. The first-order chi connectivity index (χ1) is 10.6. The van der Waals surface area contributed by atoms with E-state index in [1.165, 1.54) is 11.8 Å². The maximum atomic E-state index is 11.1. The number of methoxy groups -OCH3 is 1. The highest BCUT2D eigenvalue weighted by Crippen LogP contribution is 2.21. The van der Waals surface area contributed by atoms with Gasteiger partial charge in [0.1, 0.15) is 10.1 Å². The number of para-hydroxylation sites is 1. The number of benzene rings is 2. The molecule has 0 fully saturated rings. The first-order valence-corrected chi connectivity index (χ1v) is 7.88. The molecule has 0 heterocycles. The summed E-state index contributed by atoms with van der Waals surface area (Å²) in [5.74, 6) is 0.529. The molecule has 2 aromatic rings. The molecule has 2 aromatic carbocycles. The van der Waals surface area contributed by atoms with E-state index in [4.69, 9.17) is 22.1 Å². The van der Waals surface area contributed by atoms with Gasteiger partial charge in [0.15, 0.2) is 0 Å². The summed E-state index contributed by atoms with van der Waals surface area (Å²) in [7, 11) is 1.63. The molecular formula is C16H15NO3S2. The first-order valence-electron chi connectivity index (χ1n) is 6.49. The van der Waals surface area contributed by atoms with Gasteiger partial charge >= 0.3 is 5.97 Å². The highest BCUT2D eigenvalue weighted by molar-refractivity contribution is 8.22. The third-order valence-corrected chi connectivity index (χ3v) is 4.22. The molecule has 0 aliphatic carbocycles. The molecule has 0 amide bonds. The monoisotopic (exact) mass is 333 g/mol. The van der Waals surface area contributed by atoms with Gasteiger partial charge in [-0.1, -0.05) is 48.2 Å².